The van der Waals surface area contributed by atoms with Crippen molar-refractivity contribution in [1.82, 2.24) is 10.2 Å². The van der Waals surface area contributed by atoms with Gasteiger partial charge < -0.3 is 15.0 Å². The second kappa shape index (κ2) is 8.67. The highest BCUT2D eigenvalue weighted by Crippen LogP contribution is 2.30. The smallest absolute Gasteiger partial charge is 0.256 e. The van der Waals surface area contributed by atoms with E-state index in [1.807, 2.05) is 23.1 Å². The standard InChI is InChI=1S/C18H26N2O2.ClH/c1-2-19-13-14-7-10-20(11-8-14)18(21)17-16-6-4-3-5-15(16)9-12-22-17;/h3-6,14,17,19H,2,7-13H2,1H3;1H. The first kappa shape index (κ1) is 18.2. The van der Waals surface area contributed by atoms with Crippen LogP contribution in [0, 0.1) is 5.92 Å². The number of hydrogen-bond acceptors (Lipinski definition) is 3. The molecule has 0 radical (unpaired) electrons. The van der Waals surface area contributed by atoms with Crippen LogP contribution in [0.25, 0.3) is 0 Å². The molecule has 2 aliphatic heterocycles. The number of rotatable bonds is 4. The average molecular weight is 339 g/mol. The summed E-state index contributed by atoms with van der Waals surface area (Å²) in [5.74, 6) is 0.845. The van der Waals surface area contributed by atoms with Gasteiger partial charge in [0.05, 0.1) is 6.61 Å². The number of amides is 1. The fourth-order valence-electron chi connectivity index (χ4n) is 3.47. The summed E-state index contributed by atoms with van der Waals surface area (Å²) in [5.41, 5.74) is 2.32. The zero-order chi connectivity index (χ0) is 15.4. The van der Waals surface area contributed by atoms with E-state index in [1.54, 1.807) is 0 Å². The SMILES string of the molecule is CCNCC1CCN(C(=O)C2OCCc3ccccc32)CC1.Cl. The summed E-state index contributed by atoms with van der Waals surface area (Å²) in [6.45, 7) is 6.59. The molecule has 0 spiro atoms. The van der Waals surface area contributed by atoms with Gasteiger partial charge in [-0.2, -0.15) is 0 Å². The fraction of sp³-hybridized carbons (Fsp3) is 0.611. The topological polar surface area (TPSA) is 41.6 Å². The molecule has 1 aromatic rings. The molecular weight excluding hydrogens is 312 g/mol. The minimum Gasteiger partial charge on any atom is -0.363 e. The van der Waals surface area contributed by atoms with Gasteiger partial charge in [-0.25, -0.2) is 0 Å². The van der Waals surface area contributed by atoms with Crippen molar-refractivity contribution in [2.45, 2.75) is 32.3 Å². The number of carbonyl (C=O) groups excluding carboxylic acids is 1. The number of piperidine rings is 1. The van der Waals surface area contributed by atoms with Crippen molar-refractivity contribution in [2.24, 2.45) is 5.92 Å². The summed E-state index contributed by atoms with van der Waals surface area (Å²) in [6.07, 6.45) is 2.69. The molecule has 2 heterocycles. The zero-order valence-electron chi connectivity index (χ0n) is 13.8. The number of likely N-dealkylation sites (tertiary alicyclic amines) is 1. The molecule has 0 aromatic heterocycles. The van der Waals surface area contributed by atoms with E-state index in [2.05, 4.69) is 18.3 Å². The summed E-state index contributed by atoms with van der Waals surface area (Å²) in [7, 11) is 0. The second-order valence-electron chi connectivity index (χ2n) is 6.28. The highest BCUT2D eigenvalue weighted by Gasteiger charge is 2.32. The van der Waals surface area contributed by atoms with Crippen molar-refractivity contribution in [2.75, 3.05) is 32.8 Å². The maximum absolute atomic E-state index is 12.8. The van der Waals surface area contributed by atoms with E-state index in [9.17, 15) is 4.79 Å². The van der Waals surface area contributed by atoms with Gasteiger partial charge in [-0.05, 0) is 49.4 Å². The normalized spacial score (nSPS) is 21.4. The quantitative estimate of drug-likeness (QED) is 0.917. The van der Waals surface area contributed by atoms with Gasteiger partial charge in [0.2, 0.25) is 0 Å². The van der Waals surface area contributed by atoms with Crippen molar-refractivity contribution in [3.05, 3.63) is 35.4 Å². The van der Waals surface area contributed by atoms with Gasteiger partial charge in [0, 0.05) is 13.1 Å². The van der Waals surface area contributed by atoms with Crippen molar-refractivity contribution in [3.63, 3.8) is 0 Å². The van der Waals surface area contributed by atoms with Crippen LogP contribution in [0.1, 0.15) is 37.0 Å². The molecule has 2 aliphatic rings. The first-order valence-electron chi connectivity index (χ1n) is 8.48. The first-order valence-corrected chi connectivity index (χ1v) is 8.48. The molecule has 1 unspecified atom stereocenters. The Bertz CT molecular complexity index is 515. The van der Waals surface area contributed by atoms with Crippen LogP contribution in [0.3, 0.4) is 0 Å². The fourth-order valence-corrected chi connectivity index (χ4v) is 3.47. The van der Waals surface area contributed by atoms with Gasteiger partial charge in [-0.15, -0.1) is 12.4 Å². The van der Waals surface area contributed by atoms with E-state index in [1.165, 1.54) is 5.56 Å². The van der Waals surface area contributed by atoms with E-state index in [-0.39, 0.29) is 18.3 Å². The summed E-state index contributed by atoms with van der Waals surface area (Å²) >= 11 is 0. The van der Waals surface area contributed by atoms with Gasteiger partial charge >= 0.3 is 0 Å². The van der Waals surface area contributed by atoms with Gasteiger partial charge in [0.1, 0.15) is 0 Å². The summed E-state index contributed by atoms with van der Waals surface area (Å²) in [4.78, 5) is 14.8. The first-order chi connectivity index (χ1) is 10.8. The van der Waals surface area contributed by atoms with Crippen LogP contribution >= 0.6 is 12.4 Å². The van der Waals surface area contributed by atoms with Crippen molar-refractivity contribution >= 4 is 18.3 Å². The van der Waals surface area contributed by atoms with Crippen LogP contribution in [0.5, 0.6) is 0 Å². The second-order valence-corrected chi connectivity index (χ2v) is 6.28. The number of carbonyl (C=O) groups is 1. The summed E-state index contributed by atoms with van der Waals surface area (Å²) in [5, 5.41) is 3.41. The third-order valence-corrected chi connectivity index (χ3v) is 4.83. The molecule has 128 valence electrons. The van der Waals surface area contributed by atoms with Crippen molar-refractivity contribution in [1.29, 1.82) is 0 Å². The average Bonchev–Trinajstić information content (AvgIpc) is 2.59. The summed E-state index contributed by atoms with van der Waals surface area (Å²) in [6, 6.07) is 8.18. The lowest BCUT2D eigenvalue weighted by Crippen LogP contribution is -2.44. The lowest BCUT2D eigenvalue weighted by atomic mass is 9.94. The number of nitrogens with zero attached hydrogens (tertiary/aromatic N) is 1. The maximum atomic E-state index is 12.8. The number of hydrogen-bond donors (Lipinski definition) is 1. The Balaban J connectivity index is 0.00000192. The van der Waals surface area contributed by atoms with E-state index < -0.39 is 6.10 Å². The molecule has 1 N–H and O–H groups in total. The highest BCUT2D eigenvalue weighted by atomic mass is 35.5. The molecule has 23 heavy (non-hydrogen) atoms. The van der Waals surface area contributed by atoms with Crippen LogP contribution < -0.4 is 5.32 Å². The van der Waals surface area contributed by atoms with E-state index in [0.29, 0.717) is 12.5 Å². The van der Waals surface area contributed by atoms with Gasteiger partial charge in [0.25, 0.3) is 5.91 Å². The number of halogens is 1. The number of fused-ring (bicyclic) bond motifs is 1. The maximum Gasteiger partial charge on any atom is 0.256 e. The summed E-state index contributed by atoms with van der Waals surface area (Å²) < 4.78 is 5.81. The van der Waals surface area contributed by atoms with E-state index >= 15 is 0 Å². The van der Waals surface area contributed by atoms with Crippen molar-refractivity contribution < 1.29 is 9.53 Å². The molecule has 4 nitrogen and oxygen atoms in total. The van der Waals surface area contributed by atoms with Gasteiger partial charge in [-0.3, -0.25) is 4.79 Å². The third-order valence-electron chi connectivity index (χ3n) is 4.83. The minimum atomic E-state index is -0.393. The predicted octanol–water partition coefficient (Wildman–Crippen LogP) is 2.57. The molecule has 0 saturated carbocycles. The van der Waals surface area contributed by atoms with Crippen LogP contribution in [-0.4, -0.2) is 43.6 Å². The molecule has 1 amide bonds. The molecule has 3 rings (SSSR count). The van der Waals surface area contributed by atoms with Crippen molar-refractivity contribution in [3.8, 4) is 0 Å². The zero-order valence-corrected chi connectivity index (χ0v) is 14.6. The minimum absolute atomic E-state index is 0. The van der Waals surface area contributed by atoms with E-state index in [0.717, 1.165) is 51.0 Å². The molecular formula is C18H27ClN2O2. The number of nitrogens with one attached hydrogen (secondary N) is 1. The molecule has 1 fully saturated rings. The molecule has 0 bridgehead atoms. The Labute approximate surface area is 145 Å². The third kappa shape index (κ3) is 4.25. The highest BCUT2D eigenvalue weighted by molar-refractivity contribution is 5.85. The lowest BCUT2D eigenvalue weighted by Gasteiger charge is -2.35. The molecule has 1 atom stereocenters. The molecule has 0 aliphatic carbocycles. The lowest BCUT2D eigenvalue weighted by molar-refractivity contribution is -0.146. The Hall–Kier alpha value is -1.10. The Morgan fingerprint density at radius 3 is 2.78 bits per heavy atom. The predicted molar refractivity (Wildman–Crippen MR) is 93.9 cm³/mol. The Morgan fingerprint density at radius 2 is 2.04 bits per heavy atom. The van der Waals surface area contributed by atoms with Crippen LogP contribution in [0.4, 0.5) is 0 Å². The molecule has 1 saturated heterocycles. The van der Waals surface area contributed by atoms with Crippen LogP contribution in [0.15, 0.2) is 24.3 Å². The van der Waals surface area contributed by atoms with E-state index in [4.69, 9.17) is 4.74 Å². The van der Waals surface area contributed by atoms with Crippen LogP contribution in [-0.2, 0) is 16.0 Å². The van der Waals surface area contributed by atoms with Gasteiger partial charge in [0.15, 0.2) is 6.10 Å². The Morgan fingerprint density at radius 1 is 1.30 bits per heavy atom. The number of ether oxygens (including phenoxy) is 1. The largest absolute Gasteiger partial charge is 0.363 e. The van der Waals surface area contributed by atoms with Gasteiger partial charge in [-0.1, -0.05) is 31.2 Å². The monoisotopic (exact) mass is 338 g/mol. The molecule has 5 heteroatoms. The molecule has 1 aromatic carbocycles. The Kier molecular flexibility index (Phi) is 6.88. The number of benzene rings is 1. The van der Waals surface area contributed by atoms with Crippen LogP contribution in [0.2, 0.25) is 0 Å².